The van der Waals surface area contributed by atoms with Crippen molar-refractivity contribution in [2.75, 3.05) is 5.75 Å². The minimum absolute atomic E-state index is 0.00162. The number of carboxylic acids is 1. The summed E-state index contributed by atoms with van der Waals surface area (Å²) >= 11 is 4.54. The lowest BCUT2D eigenvalue weighted by molar-refractivity contribution is -0.301. The smallest absolute Gasteiger partial charge is 0.0517 e. The number of rotatable bonds is 3. The molecule has 0 N–H and O–H groups in total. The molecule has 4 heteroatoms. The molecule has 0 atom stereocenters. The van der Waals surface area contributed by atoms with Crippen molar-refractivity contribution >= 4 is 33.7 Å². The number of aliphatic carboxylic acids is 1. The molecule has 0 aromatic heterocycles. The normalized spacial score (nSPS) is 9.75. The fourth-order valence-corrected chi connectivity index (χ4v) is 1.55. The molecule has 0 radical (unpaired) electrons. The van der Waals surface area contributed by atoms with Crippen LogP contribution in [0.3, 0.4) is 0 Å². The number of thioether (sulfide) groups is 1. The van der Waals surface area contributed by atoms with Crippen LogP contribution in [-0.2, 0) is 4.79 Å². The SMILES string of the molecule is O=C([O-])CSc1ccc(Br)cc1. The Bertz CT molecular complexity index is 271. The Morgan fingerprint density at radius 2 is 2.00 bits per heavy atom. The standard InChI is InChI=1S/C8H7BrO2S/c9-6-1-3-7(4-2-6)12-5-8(10)11/h1-4H,5H2,(H,10,11)/p-1. The van der Waals surface area contributed by atoms with Gasteiger partial charge in [0, 0.05) is 15.1 Å². The van der Waals surface area contributed by atoms with Gasteiger partial charge in [-0.25, -0.2) is 0 Å². The van der Waals surface area contributed by atoms with E-state index in [1.807, 2.05) is 24.3 Å². The number of halogens is 1. The molecule has 0 amide bonds. The van der Waals surface area contributed by atoms with Crippen molar-refractivity contribution in [1.29, 1.82) is 0 Å². The second-order valence-electron chi connectivity index (χ2n) is 2.11. The highest BCUT2D eigenvalue weighted by Gasteiger charge is 1.93. The van der Waals surface area contributed by atoms with Crippen molar-refractivity contribution in [3.05, 3.63) is 28.7 Å². The second-order valence-corrected chi connectivity index (χ2v) is 4.08. The molecule has 1 rings (SSSR count). The molecule has 64 valence electrons. The number of benzene rings is 1. The van der Waals surface area contributed by atoms with Gasteiger partial charge in [0.05, 0.1) is 5.97 Å². The first kappa shape index (κ1) is 9.61. The third kappa shape index (κ3) is 3.28. The average Bonchev–Trinajstić information content (AvgIpc) is 2.03. The Labute approximate surface area is 83.1 Å². The molecule has 0 aliphatic heterocycles. The van der Waals surface area contributed by atoms with Gasteiger partial charge in [-0.1, -0.05) is 15.9 Å². The molecule has 0 bridgehead atoms. The Hall–Kier alpha value is -0.480. The van der Waals surface area contributed by atoms with Gasteiger partial charge in [0.25, 0.3) is 0 Å². The monoisotopic (exact) mass is 245 g/mol. The van der Waals surface area contributed by atoms with Gasteiger partial charge in [-0.05, 0) is 24.3 Å². The van der Waals surface area contributed by atoms with Crippen LogP contribution in [0, 0.1) is 0 Å². The van der Waals surface area contributed by atoms with E-state index in [1.54, 1.807) is 0 Å². The number of hydrogen-bond acceptors (Lipinski definition) is 3. The fourth-order valence-electron chi connectivity index (χ4n) is 0.673. The molecule has 0 saturated carbocycles. The Kier molecular flexibility index (Phi) is 3.62. The second kappa shape index (κ2) is 4.52. The van der Waals surface area contributed by atoms with E-state index in [0.717, 1.165) is 9.37 Å². The van der Waals surface area contributed by atoms with Gasteiger partial charge in [-0.3, -0.25) is 0 Å². The van der Waals surface area contributed by atoms with Crippen LogP contribution in [0.15, 0.2) is 33.6 Å². The first-order valence-corrected chi connectivity index (χ1v) is 5.04. The lowest BCUT2D eigenvalue weighted by Gasteiger charge is -2.01. The minimum atomic E-state index is -1.04. The van der Waals surface area contributed by atoms with Gasteiger partial charge in [0.2, 0.25) is 0 Å². The van der Waals surface area contributed by atoms with Crippen molar-refractivity contribution in [2.24, 2.45) is 0 Å². The molecule has 12 heavy (non-hydrogen) atoms. The van der Waals surface area contributed by atoms with E-state index in [1.165, 1.54) is 11.8 Å². The number of carbonyl (C=O) groups excluding carboxylic acids is 1. The maximum atomic E-state index is 10.1. The van der Waals surface area contributed by atoms with Crippen LogP contribution in [0.2, 0.25) is 0 Å². The average molecular weight is 246 g/mol. The van der Waals surface area contributed by atoms with Gasteiger partial charge >= 0.3 is 0 Å². The minimum Gasteiger partial charge on any atom is -0.549 e. The largest absolute Gasteiger partial charge is 0.549 e. The molecule has 0 unspecified atom stereocenters. The van der Waals surface area contributed by atoms with Crippen LogP contribution >= 0.6 is 27.7 Å². The number of carbonyl (C=O) groups is 1. The third-order valence-electron chi connectivity index (χ3n) is 1.17. The summed E-state index contributed by atoms with van der Waals surface area (Å²) in [6.07, 6.45) is 0. The Balaban J connectivity index is 2.53. The van der Waals surface area contributed by atoms with Crippen molar-refractivity contribution < 1.29 is 9.90 Å². The summed E-state index contributed by atoms with van der Waals surface area (Å²) < 4.78 is 0.986. The first-order chi connectivity index (χ1) is 5.68. The molecule has 1 aromatic rings. The van der Waals surface area contributed by atoms with Crippen molar-refractivity contribution in [2.45, 2.75) is 4.90 Å². The van der Waals surface area contributed by atoms with Gasteiger partial charge in [0.1, 0.15) is 0 Å². The molecule has 1 aromatic carbocycles. The molecule has 2 nitrogen and oxygen atoms in total. The molecule has 0 fully saturated rings. The van der Waals surface area contributed by atoms with E-state index in [4.69, 9.17) is 0 Å². The summed E-state index contributed by atoms with van der Waals surface area (Å²) in [6, 6.07) is 7.46. The predicted octanol–water partition coefficient (Wildman–Crippen LogP) is 1.29. The van der Waals surface area contributed by atoms with Crippen LogP contribution in [0.5, 0.6) is 0 Å². The quantitative estimate of drug-likeness (QED) is 0.754. The lowest BCUT2D eigenvalue weighted by atomic mass is 10.4. The van der Waals surface area contributed by atoms with E-state index in [0.29, 0.717) is 0 Å². The highest BCUT2D eigenvalue weighted by Crippen LogP contribution is 2.19. The molecular weight excluding hydrogens is 240 g/mol. The highest BCUT2D eigenvalue weighted by atomic mass is 79.9. The highest BCUT2D eigenvalue weighted by molar-refractivity contribution is 9.10. The zero-order chi connectivity index (χ0) is 8.97. The predicted molar refractivity (Wildman–Crippen MR) is 49.9 cm³/mol. The summed E-state index contributed by atoms with van der Waals surface area (Å²) in [4.78, 5) is 11.0. The molecule has 0 heterocycles. The van der Waals surface area contributed by atoms with Crippen molar-refractivity contribution in [3.8, 4) is 0 Å². The zero-order valence-corrected chi connectivity index (χ0v) is 8.52. The molecule has 0 spiro atoms. The topological polar surface area (TPSA) is 40.1 Å². The molecule has 0 aliphatic rings. The van der Waals surface area contributed by atoms with Crippen molar-refractivity contribution in [3.63, 3.8) is 0 Å². The van der Waals surface area contributed by atoms with Gasteiger partial charge in [-0.15, -0.1) is 11.8 Å². The van der Waals surface area contributed by atoms with E-state index in [2.05, 4.69) is 15.9 Å². The van der Waals surface area contributed by atoms with E-state index < -0.39 is 5.97 Å². The fraction of sp³-hybridized carbons (Fsp3) is 0.125. The summed E-state index contributed by atoms with van der Waals surface area (Å²) in [5.41, 5.74) is 0. The van der Waals surface area contributed by atoms with Gasteiger partial charge < -0.3 is 9.90 Å². The maximum Gasteiger partial charge on any atom is 0.0517 e. The van der Waals surface area contributed by atoms with Crippen LogP contribution in [0.1, 0.15) is 0 Å². The number of hydrogen-bond donors (Lipinski definition) is 0. The third-order valence-corrected chi connectivity index (χ3v) is 2.68. The maximum absolute atomic E-state index is 10.1. The van der Waals surface area contributed by atoms with Gasteiger partial charge in [0.15, 0.2) is 0 Å². The number of carboxylic acid groups (broad SMARTS) is 1. The molecule has 0 aliphatic carbocycles. The summed E-state index contributed by atoms with van der Waals surface area (Å²) in [5.74, 6) is -1.04. The van der Waals surface area contributed by atoms with Gasteiger partial charge in [-0.2, -0.15) is 0 Å². The zero-order valence-electron chi connectivity index (χ0n) is 6.12. The lowest BCUT2D eigenvalue weighted by Crippen LogP contribution is -2.24. The van der Waals surface area contributed by atoms with Crippen LogP contribution < -0.4 is 5.11 Å². The summed E-state index contributed by atoms with van der Waals surface area (Å²) in [5, 5.41) is 10.1. The van der Waals surface area contributed by atoms with E-state index in [-0.39, 0.29) is 5.75 Å². The Morgan fingerprint density at radius 3 is 2.50 bits per heavy atom. The molecular formula is C8H6BrO2S-. The Morgan fingerprint density at radius 1 is 1.42 bits per heavy atom. The van der Waals surface area contributed by atoms with E-state index in [9.17, 15) is 9.90 Å². The first-order valence-electron chi connectivity index (χ1n) is 3.26. The summed E-state index contributed by atoms with van der Waals surface area (Å²) in [7, 11) is 0. The molecule has 0 saturated heterocycles. The van der Waals surface area contributed by atoms with Crippen LogP contribution in [0.4, 0.5) is 0 Å². The van der Waals surface area contributed by atoms with Crippen molar-refractivity contribution in [1.82, 2.24) is 0 Å². The van der Waals surface area contributed by atoms with E-state index >= 15 is 0 Å². The van der Waals surface area contributed by atoms with Crippen LogP contribution in [-0.4, -0.2) is 11.7 Å². The summed E-state index contributed by atoms with van der Waals surface area (Å²) in [6.45, 7) is 0. The van der Waals surface area contributed by atoms with Crippen LogP contribution in [0.25, 0.3) is 0 Å².